The lowest BCUT2D eigenvalue weighted by molar-refractivity contribution is 0.0816. The first-order chi connectivity index (χ1) is 6.35. The van der Waals surface area contributed by atoms with Crippen LogP contribution >= 0.6 is 0 Å². The first-order valence-corrected chi connectivity index (χ1v) is 6.09. The van der Waals surface area contributed by atoms with Crippen LogP contribution in [0.2, 0.25) is 0 Å². The molecule has 2 aliphatic heterocycles. The minimum atomic E-state index is 0.939. The van der Waals surface area contributed by atoms with Crippen LogP contribution in [-0.2, 0) is 0 Å². The molecule has 0 N–H and O–H groups in total. The van der Waals surface area contributed by atoms with Crippen LogP contribution in [0.3, 0.4) is 0 Å². The third kappa shape index (κ3) is 1.76. The molecule has 3 rings (SSSR count). The van der Waals surface area contributed by atoms with Crippen LogP contribution in [0.5, 0.6) is 0 Å². The van der Waals surface area contributed by atoms with E-state index in [2.05, 4.69) is 18.7 Å². The van der Waals surface area contributed by atoms with E-state index in [-0.39, 0.29) is 0 Å². The van der Waals surface area contributed by atoms with Crippen molar-refractivity contribution in [3.8, 4) is 0 Å². The second-order valence-electron chi connectivity index (χ2n) is 4.84. The monoisotopic (exact) mass is 181 g/mol. The van der Waals surface area contributed by atoms with Crippen LogP contribution < -0.4 is 0 Å². The van der Waals surface area contributed by atoms with E-state index in [1.165, 1.54) is 45.2 Å². The summed E-state index contributed by atoms with van der Waals surface area (Å²) in [5, 5.41) is 0. The molecule has 0 aromatic carbocycles. The van der Waals surface area contributed by atoms with E-state index in [9.17, 15) is 0 Å². The summed E-state index contributed by atoms with van der Waals surface area (Å²) in [4.78, 5) is 2.73. The van der Waals surface area contributed by atoms with Crippen LogP contribution in [0.1, 0.15) is 46.0 Å². The quantitative estimate of drug-likeness (QED) is 0.633. The van der Waals surface area contributed by atoms with E-state index in [1.54, 1.807) is 0 Å². The topological polar surface area (TPSA) is 3.24 Å². The molecular weight excluding hydrogens is 158 g/mol. The van der Waals surface area contributed by atoms with E-state index in [4.69, 9.17) is 0 Å². The highest BCUT2D eigenvalue weighted by molar-refractivity contribution is 4.89. The van der Waals surface area contributed by atoms with Crippen molar-refractivity contribution in [2.75, 3.05) is 13.1 Å². The van der Waals surface area contributed by atoms with Crippen molar-refractivity contribution in [1.82, 2.24) is 4.90 Å². The Morgan fingerprint density at radius 1 is 1.23 bits per heavy atom. The molecule has 0 amide bonds. The molecule has 13 heavy (non-hydrogen) atoms. The molecule has 3 atom stereocenters. The lowest BCUT2D eigenvalue weighted by Gasteiger charge is -2.40. The molecule has 76 valence electrons. The molecule has 0 aromatic heterocycles. The molecule has 3 aliphatic rings. The molecule has 1 saturated carbocycles. The summed E-state index contributed by atoms with van der Waals surface area (Å²) in [5.74, 6) is 2.08. The van der Waals surface area contributed by atoms with Gasteiger partial charge >= 0.3 is 0 Å². The standard InChI is InChI=1S/C12H23N/c1-3-10-8-12-7-5-6-11(10)9-13(12)4-2/h10-12H,3-9H2,1-2H3. The fraction of sp³-hybridized carbons (Fsp3) is 1.00. The summed E-state index contributed by atoms with van der Waals surface area (Å²) in [6.07, 6.45) is 7.38. The Kier molecular flexibility index (Phi) is 2.92. The van der Waals surface area contributed by atoms with Gasteiger partial charge in [-0.15, -0.1) is 0 Å². The van der Waals surface area contributed by atoms with Gasteiger partial charge in [0.25, 0.3) is 0 Å². The van der Waals surface area contributed by atoms with Crippen LogP contribution in [0, 0.1) is 11.8 Å². The number of rotatable bonds is 2. The first kappa shape index (κ1) is 9.51. The maximum absolute atomic E-state index is 2.73. The minimum absolute atomic E-state index is 0.939. The Balaban J connectivity index is 2.07. The molecule has 1 nitrogen and oxygen atoms in total. The predicted octanol–water partition coefficient (Wildman–Crippen LogP) is 2.91. The third-order valence-corrected chi connectivity index (χ3v) is 4.27. The normalized spacial score (nSPS) is 40.6. The lowest BCUT2D eigenvalue weighted by atomic mass is 9.81. The zero-order valence-electron chi connectivity index (χ0n) is 9.13. The van der Waals surface area contributed by atoms with Crippen molar-refractivity contribution in [1.29, 1.82) is 0 Å². The summed E-state index contributed by atoms with van der Waals surface area (Å²) in [6, 6.07) is 0.939. The number of fused-ring (bicyclic) bond motifs is 4. The number of nitrogens with zero attached hydrogens (tertiary/aromatic N) is 1. The van der Waals surface area contributed by atoms with E-state index in [0.717, 1.165) is 17.9 Å². The van der Waals surface area contributed by atoms with Gasteiger partial charge in [0.15, 0.2) is 0 Å². The summed E-state index contributed by atoms with van der Waals surface area (Å²) in [6.45, 7) is 7.38. The highest BCUT2D eigenvalue weighted by atomic mass is 15.2. The molecule has 1 heteroatoms. The molecule has 2 bridgehead atoms. The van der Waals surface area contributed by atoms with Crippen LogP contribution in [-0.4, -0.2) is 24.0 Å². The maximum atomic E-state index is 2.73. The fourth-order valence-corrected chi connectivity index (χ4v) is 3.42. The Bertz CT molecular complexity index is 149. The molecule has 3 fully saturated rings. The van der Waals surface area contributed by atoms with Gasteiger partial charge in [0.1, 0.15) is 0 Å². The van der Waals surface area contributed by atoms with E-state index in [1.807, 2.05) is 0 Å². The van der Waals surface area contributed by atoms with Gasteiger partial charge in [-0.25, -0.2) is 0 Å². The van der Waals surface area contributed by atoms with Gasteiger partial charge in [0.05, 0.1) is 0 Å². The Hall–Kier alpha value is -0.0400. The summed E-state index contributed by atoms with van der Waals surface area (Å²) < 4.78 is 0. The fourth-order valence-electron chi connectivity index (χ4n) is 3.42. The average molecular weight is 181 g/mol. The highest BCUT2D eigenvalue weighted by Crippen LogP contribution is 2.38. The zero-order chi connectivity index (χ0) is 9.26. The van der Waals surface area contributed by atoms with Gasteiger partial charge in [-0.2, -0.15) is 0 Å². The molecule has 1 aliphatic carbocycles. The molecule has 2 heterocycles. The Labute approximate surface area is 82.5 Å². The average Bonchev–Trinajstić information content (AvgIpc) is 2.48. The van der Waals surface area contributed by atoms with Crippen molar-refractivity contribution in [3.05, 3.63) is 0 Å². The van der Waals surface area contributed by atoms with Crippen molar-refractivity contribution >= 4 is 0 Å². The van der Waals surface area contributed by atoms with Gasteiger partial charge in [0.2, 0.25) is 0 Å². The first-order valence-electron chi connectivity index (χ1n) is 6.09. The number of hydrogen-bond acceptors (Lipinski definition) is 1. The molecular formula is C12H23N. The largest absolute Gasteiger partial charge is 0.300 e. The Morgan fingerprint density at radius 2 is 2.08 bits per heavy atom. The molecule has 0 spiro atoms. The maximum Gasteiger partial charge on any atom is 0.00980 e. The zero-order valence-corrected chi connectivity index (χ0v) is 9.13. The van der Waals surface area contributed by atoms with Gasteiger partial charge in [-0.05, 0) is 37.6 Å². The smallest absolute Gasteiger partial charge is 0.00980 e. The molecule has 2 saturated heterocycles. The van der Waals surface area contributed by atoms with Crippen LogP contribution in [0.4, 0.5) is 0 Å². The Morgan fingerprint density at radius 3 is 2.77 bits per heavy atom. The van der Waals surface area contributed by atoms with E-state index < -0.39 is 0 Å². The van der Waals surface area contributed by atoms with Crippen molar-refractivity contribution in [2.24, 2.45) is 11.8 Å². The van der Waals surface area contributed by atoms with Crippen LogP contribution in [0.15, 0.2) is 0 Å². The van der Waals surface area contributed by atoms with Crippen molar-refractivity contribution in [2.45, 2.75) is 52.0 Å². The van der Waals surface area contributed by atoms with Crippen molar-refractivity contribution in [3.63, 3.8) is 0 Å². The minimum Gasteiger partial charge on any atom is -0.300 e. The summed E-state index contributed by atoms with van der Waals surface area (Å²) >= 11 is 0. The number of piperidine rings is 1. The summed E-state index contributed by atoms with van der Waals surface area (Å²) in [5.41, 5.74) is 0. The lowest BCUT2D eigenvalue weighted by Crippen LogP contribution is -2.44. The van der Waals surface area contributed by atoms with Crippen molar-refractivity contribution < 1.29 is 0 Å². The third-order valence-electron chi connectivity index (χ3n) is 4.27. The summed E-state index contributed by atoms with van der Waals surface area (Å²) in [7, 11) is 0. The van der Waals surface area contributed by atoms with Gasteiger partial charge in [-0.1, -0.05) is 26.7 Å². The van der Waals surface area contributed by atoms with Gasteiger partial charge < -0.3 is 4.90 Å². The second kappa shape index (κ2) is 4.00. The van der Waals surface area contributed by atoms with Crippen LogP contribution in [0.25, 0.3) is 0 Å². The highest BCUT2D eigenvalue weighted by Gasteiger charge is 2.35. The predicted molar refractivity (Wildman–Crippen MR) is 56.8 cm³/mol. The van der Waals surface area contributed by atoms with E-state index in [0.29, 0.717) is 0 Å². The SMILES string of the molecule is CCC1CC2CCCC1CN2CC. The molecule has 0 aromatic rings. The second-order valence-corrected chi connectivity index (χ2v) is 4.84. The molecule has 3 unspecified atom stereocenters. The van der Waals surface area contributed by atoms with Gasteiger partial charge in [0, 0.05) is 12.6 Å². The number of hydrogen-bond donors (Lipinski definition) is 0. The van der Waals surface area contributed by atoms with E-state index >= 15 is 0 Å². The van der Waals surface area contributed by atoms with Gasteiger partial charge in [-0.3, -0.25) is 0 Å². The molecule has 0 radical (unpaired) electrons.